The molecule has 0 aliphatic carbocycles. The largest absolute Gasteiger partial charge is 0.256 e. The summed E-state index contributed by atoms with van der Waals surface area (Å²) in [7, 11) is 0. The van der Waals surface area contributed by atoms with E-state index in [0.29, 0.717) is 0 Å². The van der Waals surface area contributed by atoms with Gasteiger partial charge in [-0.2, -0.15) is 0 Å². The molecule has 3 aromatic carbocycles. The molecule has 0 spiro atoms. The van der Waals surface area contributed by atoms with Crippen LogP contribution in [0.3, 0.4) is 0 Å². The number of rotatable bonds is 4. The summed E-state index contributed by atoms with van der Waals surface area (Å²) in [5.74, 6) is -1.37. The van der Waals surface area contributed by atoms with Crippen LogP contribution in [-0.2, 0) is 0 Å². The maximum Gasteiger partial charge on any atom is 0.0705 e. The predicted octanol–water partition coefficient (Wildman–Crippen LogP) is 9.03. The van der Waals surface area contributed by atoms with Crippen LogP contribution in [0, 0.1) is 0 Å². The second-order valence-electron chi connectivity index (χ2n) is 8.51. The number of benzene rings is 3. The third-order valence-corrected chi connectivity index (χ3v) is 7.05. The van der Waals surface area contributed by atoms with Gasteiger partial charge < -0.3 is 0 Å². The third-order valence-electron chi connectivity index (χ3n) is 5.85. The van der Waals surface area contributed by atoms with Crippen molar-refractivity contribution in [2.24, 2.45) is 0 Å². The molecule has 0 unspecified atom stereocenters. The molecule has 0 fully saturated rings. The highest BCUT2D eigenvalue weighted by Gasteiger charge is 2.15. The standard InChI is InChI=1S/C29H27NS/c1-18(2)21-12-13-30-27(16-21)22-10-11-24-26-15-23(20-8-6-5-7-9-20)14-25(19(3)4)29(26)31-28(24)17-22/h5-19H,1-4H3/i18D,19D. The smallest absolute Gasteiger partial charge is 0.0705 e. The molecule has 0 bridgehead atoms. The van der Waals surface area contributed by atoms with Crippen molar-refractivity contribution in [1.82, 2.24) is 4.98 Å². The van der Waals surface area contributed by atoms with Crippen LogP contribution >= 0.6 is 11.3 Å². The third kappa shape index (κ3) is 3.66. The second kappa shape index (κ2) is 7.94. The monoisotopic (exact) mass is 423 g/mol. The van der Waals surface area contributed by atoms with E-state index in [9.17, 15) is 0 Å². The van der Waals surface area contributed by atoms with Gasteiger partial charge in [-0.25, -0.2) is 0 Å². The molecule has 0 radical (unpaired) electrons. The van der Waals surface area contributed by atoms with E-state index in [1.807, 2.05) is 45.9 Å². The Hall–Kier alpha value is -2.97. The number of pyridine rings is 1. The molecule has 0 amide bonds. The van der Waals surface area contributed by atoms with Gasteiger partial charge in [-0.1, -0.05) is 70.2 Å². The van der Waals surface area contributed by atoms with Crippen molar-refractivity contribution in [1.29, 1.82) is 0 Å². The summed E-state index contributed by atoms with van der Waals surface area (Å²) in [6, 6.07) is 25.3. The maximum atomic E-state index is 8.83. The van der Waals surface area contributed by atoms with Gasteiger partial charge in [0.1, 0.15) is 0 Å². The second-order valence-corrected chi connectivity index (χ2v) is 9.56. The average Bonchev–Trinajstić information content (AvgIpc) is 3.15. The Morgan fingerprint density at radius 1 is 0.742 bits per heavy atom. The molecule has 5 rings (SSSR count). The van der Waals surface area contributed by atoms with Crippen LogP contribution in [0.4, 0.5) is 0 Å². The molecule has 0 aliphatic heterocycles. The summed E-state index contributed by atoms with van der Waals surface area (Å²) in [6.45, 7) is 7.72. The van der Waals surface area contributed by atoms with Crippen molar-refractivity contribution in [3.8, 4) is 22.4 Å². The zero-order chi connectivity index (χ0) is 23.4. The zero-order valence-corrected chi connectivity index (χ0v) is 19.2. The molecule has 0 atom stereocenters. The highest BCUT2D eigenvalue weighted by Crippen LogP contribution is 2.42. The van der Waals surface area contributed by atoms with Gasteiger partial charge in [-0.3, -0.25) is 4.98 Å². The van der Waals surface area contributed by atoms with Gasteiger partial charge in [0.2, 0.25) is 0 Å². The van der Waals surface area contributed by atoms with Crippen molar-refractivity contribution in [3.05, 3.63) is 90.1 Å². The summed E-state index contributed by atoms with van der Waals surface area (Å²) in [5.41, 5.74) is 6.26. The zero-order valence-electron chi connectivity index (χ0n) is 20.4. The highest BCUT2D eigenvalue weighted by molar-refractivity contribution is 7.26. The Labute approximate surface area is 191 Å². The number of aromatic nitrogens is 1. The number of hydrogen-bond donors (Lipinski definition) is 0. The van der Waals surface area contributed by atoms with Gasteiger partial charge in [0.25, 0.3) is 0 Å². The fraction of sp³-hybridized carbons (Fsp3) is 0.207. The molecule has 2 aromatic heterocycles. The highest BCUT2D eigenvalue weighted by atomic mass is 32.1. The molecular formula is C29H27NS. The van der Waals surface area contributed by atoms with Crippen LogP contribution in [-0.4, -0.2) is 4.98 Å². The lowest BCUT2D eigenvalue weighted by Crippen LogP contribution is -1.90. The van der Waals surface area contributed by atoms with E-state index in [2.05, 4.69) is 59.6 Å². The molecule has 1 nitrogen and oxygen atoms in total. The van der Waals surface area contributed by atoms with E-state index < -0.39 is 11.8 Å². The molecule has 0 saturated carbocycles. The average molecular weight is 424 g/mol. The SMILES string of the molecule is [2H]C(C)(C)c1ccnc(-c2ccc3c(c2)sc2c(C([2H])(C)C)cc(-c4ccccc4)cc23)c1. The molecule has 154 valence electrons. The van der Waals surface area contributed by atoms with Crippen molar-refractivity contribution >= 4 is 31.5 Å². The van der Waals surface area contributed by atoms with Gasteiger partial charge in [-0.15, -0.1) is 11.3 Å². The van der Waals surface area contributed by atoms with Crippen molar-refractivity contribution in [3.63, 3.8) is 0 Å². The van der Waals surface area contributed by atoms with E-state index in [4.69, 9.17) is 2.74 Å². The Morgan fingerprint density at radius 2 is 1.55 bits per heavy atom. The lowest BCUT2D eigenvalue weighted by molar-refractivity contribution is 0.864. The first-order chi connectivity index (χ1) is 15.6. The Morgan fingerprint density at radius 3 is 2.29 bits per heavy atom. The molecule has 2 heterocycles. The number of fused-ring (bicyclic) bond motifs is 3. The first-order valence-electron chi connectivity index (χ1n) is 11.6. The van der Waals surface area contributed by atoms with Gasteiger partial charge in [0.05, 0.1) is 5.69 Å². The molecule has 0 N–H and O–H groups in total. The summed E-state index contributed by atoms with van der Waals surface area (Å²) in [5, 5.41) is 2.41. The summed E-state index contributed by atoms with van der Waals surface area (Å²) < 4.78 is 19.6. The van der Waals surface area contributed by atoms with Crippen LogP contribution in [0.25, 0.3) is 42.6 Å². The Kier molecular flexibility index (Phi) is 4.53. The van der Waals surface area contributed by atoms with Gasteiger partial charge in [-0.05, 0) is 64.4 Å². The molecule has 31 heavy (non-hydrogen) atoms. The normalized spacial score (nSPS) is 13.4. The summed E-state index contributed by atoms with van der Waals surface area (Å²) in [6.07, 6.45) is 1.79. The first kappa shape index (κ1) is 17.7. The summed E-state index contributed by atoms with van der Waals surface area (Å²) >= 11 is 1.75. The van der Waals surface area contributed by atoms with Crippen molar-refractivity contribution < 1.29 is 2.74 Å². The number of thiophene rings is 1. The van der Waals surface area contributed by atoms with Crippen LogP contribution in [0.2, 0.25) is 0 Å². The molecule has 0 aliphatic rings. The fourth-order valence-electron chi connectivity index (χ4n) is 4.11. The number of hydrogen-bond acceptors (Lipinski definition) is 2. The van der Waals surface area contributed by atoms with E-state index in [-0.39, 0.29) is 0 Å². The molecule has 2 heteroatoms. The van der Waals surface area contributed by atoms with Gasteiger partial charge in [0.15, 0.2) is 0 Å². The summed E-state index contributed by atoms with van der Waals surface area (Å²) in [4.78, 5) is 4.59. The fourth-order valence-corrected chi connectivity index (χ4v) is 5.45. The van der Waals surface area contributed by atoms with E-state index >= 15 is 0 Å². The topological polar surface area (TPSA) is 12.9 Å². The molecule has 0 saturated heterocycles. The van der Waals surface area contributed by atoms with Crippen LogP contribution in [0.15, 0.2) is 79.0 Å². The van der Waals surface area contributed by atoms with Gasteiger partial charge in [0, 0.05) is 34.7 Å². The first-order valence-corrected chi connectivity index (χ1v) is 11.5. The van der Waals surface area contributed by atoms with Crippen molar-refractivity contribution in [2.75, 3.05) is 0 Å². The van der Waals surface area contributed by atoms with Crippen LogP contribution in [0.1, 0.15) is 53.4 Å². The van der Waals surface area contributed by atoms with E-state index in [0.717, 1.165) is 27.9 Å². The lowest BCUT2D eigenvalue weighted by Gasteiger charge is -2.11. The predicted molar refractivity (Wildman–Crippen MR) is 136 cm³/mol. The minimum atomic E-state index is -0.706. The minimum absolute atomic E-state index is 0.665. The minimum Gasteiger partial charge on any atom is -0.256 e. The quantitative estimate of drug-likeness (QED) is 0.281. The Balaban J connectivity index is 1.72. The maximum absolute atomic E-state index is 8.83. The van der Waals surface area contributed by atoms with Gasteiger partial charge >= 0.3 is 0 Å². The van der Waals surface area contributed by atoms with Crippen molar-refractivity contribution in [2.45, 2.75) is 39.5 Å². The molecule has 5 aromatic rings. The Bertz CT molecular complexity index is 1470. The van der Waals surface area contributed by atoms with E-state index in [1.54, 1.807) is 17.5 Å². The molecular weight excluding hydrogens is 394 g/mol. The van der Waals surface area contributed by atoms with E-state index in [1.165, 1.54) is 25.7 Å². The van der Waals surface area contributed by atoms with Crippen LogP contribution < -0.4 is 0 Å². The lowest BCUT2D eigenvalue weighted by atomic mass is 9.94. The number of nitrogens with zero attached hydrogens (tertiary/aromatic N) is 1. The van der Waals surface area contributed by atoms with Crippen LogP contribution in [0.5, 0.6) is 0 Å².